The Kier molecular flexibility index (Phi) is 5.76. The minimum absolute atomic E-state index is 0.207. The van der Waals surface area contributed by atoms with Crippen LogP contribution in [0.15, 0.2) is 30.3 Å². The molecule has 3 N–H and O–H groups in total. The number of aliphatic hydroxyl groups is 3. The van der Waals surface area contributed by atoms with E-state index in [2.05, 4.69) is 0 Å². The first kappa shape index (κ1) is 16.7. The summed E-state index contributed by atoms with van der Waals surface area (Å²) in [4.78, 5) is 13.6. The number of hydrogen-bond acceptors (Lipinski definition) is 5. The smallest absolute Gasteiger partial charge is 0.410 e. The van der Waals surface area contributed by atoms with Gasteiger partial charge in [-0.15, -0.1) is 0 Å². The number of carbonyl (C=O) groups is 1. The molecule has 1 aliphatic heterocycles. The van der Waals surface area contributed by atoms with Gasteiger partial charge < -0.3 is 25.0 Å². The highest BCUT2D eigenvalue weighted by atomic mass is 16.6. The fraction of sp³-hybridized carbons (Fsp3) is 0.562. The average molecular weight is 309 g/mol. The highest BCUT2D eigenvalue weighted by molar-refractivity contribution is 5.67. The van der Waals surface area contributed by atoms with Gasteiger partial charge in [-0.3, -0.25) is 0 Å². The number of rotatable bonds is 5. The van der Waals surface area contributed by atoms with Gasteiger partial charge in [0.1, 0.15) is 6.61 Å². The van der Waals surface area contributed by atoms with Crippen LogP contribution in [0.2, 0.25) is 0 Å². The molecule has 2 rings (SSSR count). The molecule has 1 aromatic carbocycles. The summed E-state index contributed by atoms with van der Waals surface area (Å²) in [6, 6.07) is 9.44. The summed E-state index contributed by atoms with van der Waals surface area (Å²) in [5, 5.41) is 28.5. The highest BCUT2D eigenvalue weighted by Gasteiger charge is 2.41. The molecule has 1 unspecified atom stereocenters. The summed E-state index contributed by atoms with van der Waals surface area (Å²) in [5.74, 6) is 0. The van der Waals surface area contributed by atoms with Gasteiger partial charge in [-0.05, 0) is 18.4 Å². The molecule has 6 heteroatoms. The Hall–Kier alpha value is -1.63. The molecule has 0 aromatic heterocycles. The number of likely N-dealkylation sites (tertiary alicyclic amines) is 1. The van der Waals surface area contributed by atoms with E-state index < -0.39 is 17.6 Å². The summed E-state index contributed by atoms with van der Waals surface area (Å²) >= 11 is 0. The maximum absolute atomic E-state index is 12.0. The Morgan fingerprint density at radius 1 is 1.23 bits per heavy atom. The molecule has 6 nitrogen and oxygen atoms in total. The standard InChI is InChI=1S/C16H23NO5/c18-10-14(20)16(12-19)6-8-17(9-7-16)15(21)22-11-13-4-2-1-3-5-13/h1-5,14,18-20H,6-12H2. The van der Waals surface area contributed by atoms with Gasteiger partial charge in [-0.2, -0.15) is 0 Å². The van der Waals surface area contributed by atoms with Crippen molar-refractivity contribution in [3.05, 3.63) is 35.9 Å². The Morgan fingerprint density at radius 3 is 2.41 bits per heavy atom. The lowest BCUT2D eigenvalue weighted by Gasteiger charge is -2.42. The van der Waals surface area contributed by atoms with Crippen molar-refractivity contribution < 1.29 is 24.9 Å². The number of amides is 1. The Balaban J connectivity index is 1.84. The molecule has 1 atom stereocenters. The molecule has 0 bridgehead atoms. The van der Waals surface area contributed by atoms with Crippen molar-refractivity contribution in [1.29, 1.82) is 0 Å². The van der Waals surface area contributed by atoms with Gasteiger partial charge in [-0.25, -0.2) is 4.79 Å². The lowest BCUT2D eigenvalue weighted by atomic mass is 9.74. The fourth-order valence-corrected chi connectivity index (χ4v) is 2.74. The van der Waals surface area contributed by atoms with Crippen LogP contribution >= 0.6 is 0 Å². The number of nitrogens with zero attached hydrogens (tertiary/aromatic N) is 1. The van der Waals surface area contributed by atoms with Gasteiger partial charge in [0.25, 0.3) is 0 Å². The maximum atomic E-state index is 12.0. The van der Waals surface area contributed by atoms with E-state index in [-0.39, 0.29) is 19.8 Å². The number of ether oxygens (including phenoxy) is 1. The first-order valence-corrected chi connectivity index (χ1v) is 7.47. The normalized spacial score (nSPS) is 18.8. The van der Waals surface area contributed by atoms with E-state index in [4.69, 9.17) is 9.84 Å². The predicted molar refractivity (Wildman–Crippen MR) is 80.0 cm³/mol. The van der Waals surface area contributed by atoms with E-state index in [1.165, 1.54) is 0 Å². The third kappa shape index (κ3) is 3.76. The lowest BCUT2D eigenvalue weighted by Crippen LogP contribution is -2.51. The van der Waals surface area contributed by atoms with E-state index in [0.717, 1.165) is 5.56 Å². The van der Waals surface area contributed by atoms with Gasteiger partial charge in [0.2, 0.25) is 0 Å². The molecule has 22 heavy (non-hydrogen) atoms. The van der Waals surface area contributed by atoms with Gasteiger partial charge >= 0.3 is 6.09 Å². The van der Waals surface area contributed by atoms with Crippen molar-refractivity contribution in [3.8, 4) is 0 Å². The molecule has 1 heterocycles. The SMILES string of the molecule is O=C(OCc1ccccc1)N1CCC(CO)(C(O)CO)CC1. The lowest BCUT2D eigenvalue weighted by molar-refractivity contribution is -0.0771. The molecule has 1 fully saturated rings. The molecule has 0 spiro atoms. The summed E-state index contributed by atoms with van der Waals surface area (Å²) < 4.78 is 5.27. The van der Waals surface area contributed by atoms with E-state index in [1.54, 1.807) is 4.90 Å². The molecule has 1 amide bonds. The van der Waals surface area contributed by atoms with Crippen LogP contribution in [0.3, 0.4) is 0 Å². The van der Waals surface area contributed by atoms with Crippen LogP contribution in [-0.2, 0) is 11.3 Å². The third-order valence-corrected chi connectivity index (χ3v) is 4.42. The number of benzene rings is 1. The van der Waals surface area contributed by atoms with E-state index in [0.29, 0.717) is 25.9 Å². The number of hydrogen-bond donors (Lipinski definition) is 3. The Morgan fingerprint density at radius 2 is 1.86 bits per heavy atom. The quantitative estimate of drug-likeness (QED) is 0.747. The first-order valence-electron chi connectivity index (χ1n) is 7.47. The Bertz CT molecular complexity index is 471. The van der Waals surface area contributed by atoms with Crippen molar-refractivity contribution in [2.75, 3.05) is 26.3 Å². The van der Waals surface area contributed by atoms with Crippen molar-refractivity contribution in [2.45, 2.75) is 25.6 Å². The summed E-state index contributed by atoms with van der Waals surface area (Å²) in [6.07, 6.45) is -0.494. The van der Waals surface area contributed by atoms with Crippen LogP contribution in [0.25, 0.3) is 0 Å². The van der Waals surface area contributed by atoms with Gasteiger partial charge in [-0.1, -0.05) is 30.3 Å². The zero-order valence-electron chi connectivity index (χ0n) is 12.5. The molecule has 122 valence electrons. The second kappa shape index (κ2) is 7.58. The maximum Gasteiger partial charge on any atom is 0.410 e. The number of aliphatic hydroxyl groups excluding tert-OH is 3. The van der Waals surface area contributed by atoms with Crippen LogP contribution < -0.4 is 0 Å². The van der Waals surface area contributed by atoms with Crippen molar-refractivity contribution in [2.24, 2.45) is 5.41 Å². The van der Waals surface area contributed by atoms with Crippen molar-refractivity contribution in [3.63, 3.8) is 0 Å². The van der Waals surface area contributed by atoms with Crippen molar-refractivity contribution >= 4 is 6.09 Å². The van der Waals surface area contributed by atoms with E-state index in [9.17, 15) is 15.0 Å². The average Bonchev–Trinajstić information content (AvgIpc) is 2.59. The monoisotopic (exact) mass is 309 g/mol. The molecule has 1 aliphatic rings. The molecule has 0 saturated carbocycles. The summed E-state index contributed by atoms with van der Waals surface area (Å²) in [5.41, 5.74) is 0.193. The fourth-order valence-electron chi connectivity index (χ4n) is 2.74. The Labute approximate surface area is 129 Å². The van der Waals surface area contributed by atoms with Crippen LogP contribution in [0, 0.1) is 5.41 Å². The summed E-state index contributed by atoms with van der Waals surface area (Å²) in [6.45, 7) is 0.414. The number of carbonyl (C=O) groups excluding carboxylic acids is 1. The minimum atomic E-state index is -0.972. The van der Waals surface area contributed by atoms with E-state index >= 15 is 0 Å². The van der Waals surface area contributed by atoms with Gasteiger partial charge in [0.15, 0.2) is 0 Å². The molecular formula is C16H23NO5. The molecule has 1 saturated heterocycles. The molecule has 0 aliphatic carbocycles. The van der Waals surface area contributed by atoms with Gasteiger partial charge in [0, 0.05) is 18.5 Å². The first-order chi connectivity index (χ1) is 10.6. The topological polar surface area (TPSA) is 90.2 Å². The van der Waals surface area contributed by atoms with Crippen molar-refractivity contribution in [1.82, 2.24) is 4.90 Å². The molecule has 0 radical (unpaired) electrons. The zero-order chi connectivity index (χ0) is 16.0. The minimum Gasteiger partial charge on any atom is -0.445 e. The summed E-state index contributed by atoms with van der Waals surface area (Å²) in [7, 11) is 0. The van der Waals surface area contributed by atoms with E-state index in [1.807, 2.05) is 30.3 Å². The number of piperidine rings is 1. The van der Waals surface area contributed by atoms with Gasteiger partial charge in [0.05, 0.1) is 19.3 Å². The van der Waals surface area contributed by atoms with Crippen LogP contribution in [0.1, 0.15) is 18.4 Å². The molecule has 1 aromatic rings. The third-order valence-electron chi connectivity index (χ3n) is 4.42. The largest absolute Gasteiger partial charge is 0.445 e. The second-order valence-corrected chi connectivity index (χ2v) is 5.75. The zero-order valence-corrected chi connectivity index (χ0v) is 12.5. The van der Waals surface area contributed by atoms with Crippen LogP contribution in [0.5, 0.6) is 0 Å². The van der Waals surface area contributed by atoms with Crippen LogP contribution in [-0.4, -0.2) is 58.7 Å². The highest BCUT2D eigenvalue weighted by Crippen LogP contribution is 2.34. The predicted octanol–water partition coefficient (Wildman–Crippen LogP) is 0.751. The van der Waals surface area contributed by atoms with Crippen LogP contribution in [0.4, 0.5) is 4.79 Å². The second-order valence-electron chi connectivity index (χ2n) is 5.75. The molecular weight excluding hydrogens is 286 g/mol.